The number of aryl methyl sites for hydroxylation is 1. The highest BCUT2D eigenvalue weighted by molar-refractivity contribution is 5.97. The molecule has 0 atom stereocenters. The van der Waals surface area contributed by atoms with Crippen LogP contribution < -0.4 is 11.2 Å². The van der Waals surface area contributed by atoms with E-state index in [1.54, 1.807) is 36.4 Å². The molecule has 124 valence electrons. The number of carbonyl (C=O) groups is 2. The number of nitrogens with zero attached hydrogens (tertiary/aromatic N) is 3. The maximum Gasteiger partial charge on any atom is 0.362 e. The van der Waals surface area contributed by atoms with E-state index in [0.717, 1.165) is 0 Å². The zero-order valence-electron chi connectivity index (χ0n) is 13.2. The Labute approximate surface area is 141 Å². The summed E-state index contributed by atoms with van der Waals surface area (Å²) in [6.07, 6.45) is 0. The molecule has 0 aliphatic rings. The Morgan fingerprint density at radius 2 is 1.28 bits per heavy atom. The van der Waals surface area contributed by atoms with Gasteiger partial charge in [0.05, 0.1) is 0 Å². The minimum absolute atomic E-state index is 0.131. The molecule has 25 heavy (non-hydrogen) atoms. The summed E-state index contributed by atoms with van der Waals surface area (Å²) in [5.74, 6) is -1.53. The molecule has 0 spiro atoms. The summed E-state index contributed by atoms with van der Waals surface area (Å²) >= 11 is 0. The lowest BCUT2D eigenvalue weighted by Gasteiger charge is -2.09. The lowest BCUT2D eigenvalue weighted by Crippen LogP contribution is -2.48. The van der Waals surface area contributed by atoms with Crippen LogP contribution in [-0.4, -0.2) is 26.2 Å². The average molecular weight is 335 g/mol. The van der Waals surface area contributed by atoms with Gasteiger partial charge in [0.15, 0.2) is 0 Å². The van der Waals surface area contributed by atoms with E-state index < -0.39 is 23.1 Å². The quantitative estimate of drug-likeness (QED) is 0.699. The predicted octanol–water partition coefficient (Wildman–Crippen LogP) is 1.09. The fraction of sp³-hybridized carbons (Fsp3) is 0.0556. The van der Waals surface area contributed by atoms with Gasteiger partial charge in [-0.15, -0.1) is 4.68 Å². The van der Waals surface area contributed by atoms with Crippen LogP contribution in [0.2, 0.25) is 0 Å². The lowest BCUT2D eigenvalue weighted by atomic mass is 10.2. The highest BCUT2D eigenvalue weighted by Crippen LogP contribution is 2.02. The van der Waals surface area contributed by atoms with Crippen molar-refractivity contribution in [3.63, 3.8) is 0 Å². The molecule has 7 heteroatoms. The van der Waals surface area contributed by atoms with E-state index in [0.29, 0.717) is 9.25 Å². The molecule has 0 amide bonds. The van der Waals surface area contributed by atoms with E-state index in [2.05, 4.69) is 5.10 Å². The molecule has 0 fully saturated rings. The van der Waals surface area contributed by atoms with E-state index in [9.17, 15) is 19.2 Å². The Kier molecular flexibility index (Phi) is 4.21. The fourth-order valence-corrected chi connectivity index (χ4v) is 2.30. The molecular formula is C18H13N3O4. The monoisotopic (exact) mass is 335 g/mol. The van der Waals surface area contributed by atoms with Crippen molar-refractivity contribution in [2.75, 3.05) is 0 Å². The van der Waals surface area contributed by atoms with Gasteiger partial charge in [-0.3, -0.25) is 14.4 Å². The van der Waals surface area contributed by atoms with E-state index in [4.69, 9.17) is 0 Å². The van der Waals surface area contributed by atoms with Gasteiger partial charge in [0, 0.05) is 11.1 Å². The largest absolute Gasteiger partial charge is 0.362 e. The van der Waals surface area contributed by atoms with Crippen molar-refractivity contribution in [2.24, 2.45) is 0 Å². The first kappa shape index (κ1) is 16.3. The van der Waals surface area contributed by atoms with E-state index in [1.807, 2.05) is 0 Å². The van der Waals surface area contributed by atoms with Gasteiger partial charge in [-0.2, -0.15) is 9.67 Å². The van der Waals surface area contributed by atoms with Crippen molar-refractivity contribution >= 4 is 11.8 Å². The highest BCUT2D eigenvalue weighted by Gasteiger charge is 2.21. The Hall–Kier alpha value is -3.61. The molecule has 0 bridgehead atoms. The molecule has 3 aromatic rings. The Bertz CT molecular complexity index is 1070. The molecule has 0 unspecified atom stereocenters. The number of carbonyl (C=O) groups excluding carboxylic acids is 2. The molecule has 1 aromatic heterocycles. The van der Waals surface area contributed by atoms with Crippen molar-refractivity contribution in [1.82, 2.24) is 14.3 Å². The second-order valence-electron chi connectivity index (χ2n) is 5.26. The average Bonchev–Trinajstić information content (AvgIpc) is 2.65. The fourth-order valence-electron chi connectivity index (χ4n) is 2.30. The molecular weight excluding hydrogens is 322 g/mol. The van der Waals surface area contributed by atoms with Gasteiger partial charge < -0.3 is 0 Å². The minimum Gasteiger partial charge on any atom is -0.268 e. The van der Waals surface area contributed by atoms with E-state index in [-0.39, 0.29) is 16.8 Å². The van der Waals surface area contributed by atoms with Crippen LogP contribution in [0.1, 0.15) is 26.4 Å². The molecule has 0 radical (unpaired) electrons. The van der Waals surface area contributed by atoms with Crippen molar-refractivity contribution < 1.29 is 9.59 Å². The topological polar surface area (TPSA) is 91.0 Å². The van der Waals surface area contributed by atoms with Crippen LogP contribution in [0.5, 0.6) is 0 Å². The lowest BCUT2D eigenvalue weighted by molar-refractivity contribution is 0.0915. The van der Waals surface area contributed by atoms with Crippen LogP contribution in [0.25, 0.3) is 0 Å². The Balaban J connectivity index is 2.20. The second-order valence-corrected chi connectivity index (χ2v) is 5.26. The van der Waals surface area contributed by atoms with E-state index >= 15 is 0 Å². The normalized spacial score (nSPS) is 10.4. The zero-order valence-corrected chi connectivity index (χ0v) is 13.2. The summed E-state index contributed by atoms with van der Waals surface area (Å²) in [6.45, 7) is 1.34. The van der Waals surface area contributed by atoms with Gasteiger partial charge >= 0.3 is 5.69 Å². The molecule has 0 aliphatic heterocycles. The maximum absolute atomic E-state index is 12.6. The third-order valence-corrected chi connectivity index (χ3v) is 3.57. The van der Waals surface area contributed by atoms with Crippen LogP contribution in [0.15, 0.2) is 70.3 Å². The molecule has 7 nitrogen and oxygen atoms in total. The first-order valence-corrected chi connectivity index (χ1v) is 7.43. The smallest absolute Gasteiger partial charge is 0.268 e. The number of hydrogen-bond donors (Lipinski definition) is 0. The Morgan fingerprint density at radius 1 is 0.800 bits per heavy atom. The van der Waals surface area contributed by atoms with Crippen LogP contribution in [-0.2, 0) is 0 Å². The summed E-state index contributed by atoms with van der Waals surface area (Å²) < 4.78 is 0.964. The molecule has 3 rings (SSSR count). The van der Waals surface area contributed by atoms with Crippen molar-refractivity contribution in [2.45, 2.75) is 6.92 Å². The molecule has 0 aliphatic carbocycles. The molecule has 0 N–H and O–H groups in total. The van der Waals surface area contributed by atoms with Gasteiger partial charge in [0.1, 0.15) is 5.69 Å². The van der Waals surface area contributed by atoms with Crippen molar-refractivity contribution in [1.29, 1.82) is 0 Å². The first-order chi connectivity index (χ1) is 12.0. The molecule has 0 saturated carbocycles. The molecule has 0 saturated heterocycles. The summed E-state index contributed by atoms with van der Waals surface area (Å²) in [4.78, 5) is 49.9. The van der Waals surface area contributed by atoms with Gasteiger partial charge in [0.2, 0.25) is 0 Å². The number of rotatable bonds is 2. The molecule has 1 heterocycles. The second kappa shape index (κ2) is 6.48. The van der Waals surface area contributed by atoms with Crippen molar-refractivity contribution in [3.05, 3.63) is 98.3 Å². The first-order valence-electron chi connectivity index (χ1n) is 7.43. The third kappa shape index (κ3) is 2.94. The van der Waals surface area contributed by atoms with E-state index in [1.165, 1.54) is 31.2 Å². The Morgan fingerprint density at radius 3 is 1.80 bits per heavy atom. The number of benzene rings is 2. The highest BCUT2D eigenvalue weighted by atomic mass is 16.2. The van der Waals surface area contributed by atoms with Crippen molar-refractivity contribution in [3.8, 4) is 0 Å². The van der Waals surface area contributed by atoms with Crippen LogP contribution in [0.3, 0.4) is 0 Å². The van der Waals surface area contributed by atoms with Crippen LogP contribution >= 0.6 is 0 Å². The standard InChI is InChI=1S/C18H13N3O4/c1-12-15(22)20(16(23)13-8-4-2-5-9-13)18(25)21(19-12)17(24)14-10-6-3-7-11-14/h2-11H,1H3. The van der Waals surface area contributed by atoms with Crippen LogP contribution in [0.4, 0.5) is 0 Å². The van der Waals surface area contributed by atoms with Crippen LogP contribution in [0, 0.1) is 6.92 Å². The third-order valence-electron chi connectivity index (χ3n) is 3.57. The summed E-state index contributed by atoms with van der Waals surface area (Å²) in [5.41, 5.74) is -1.71. The van der Waals surface area contributed by atoms with Gasteiger partial charge in [-0.1, -0.05) is 36.4 Å². The predicted molar refractivity (Wildman–Crippen MR) is 89.8 cm³/mol. The SMILES string of the molecule is Cc1nn(C(=O)c2ccccc2)c(=O)n(C(=O)c2ccccc2)c1=O. The summed E-state index contributed by atoms with van der Waals surface area (Å²) in [6, 6.07) is 15.9. The summed E-state index contributed by atoms with van der Waals surface area (Å²) in [5, 5.41) is 3.75. The van der Waals surface area contributed by atoms with Gasteiger partial charge in [-0.05, 0) is 31.2 Å². The number of aromatic nitrogens is 3. The molecule has 2 aromatic carbocycles. The minimum atomic E-state index is -1.10. The number of hydrogen-bond acceptors (Lipinski definition) is 5. The zero-order chi connectivity index (χ0) is 18.0. The summed E-state index contributed by atoms with van der Waals surface area (Å²) in [7, 11) is 0. The van der Waals surface area contributed by atoms with Gasteiger partial charge in [-0.25, -0.2) is 4.79 Å². The maximum atomic E-state index is 12.6. The van der Waals surface area contributed by atoms with Gasteiger partial charge in [0.25, 0.3) is 17.4 Å².